The first-order valence-corrected chi connectivity index (χ1v) is 10.2. The number of hydrogen-bond donors (Lipinski definition) is 1. The Labute approximate surface area is 177 Å². The van der Waals surface area contributed by atoms with Gasteiger partial charge in [-0.2, -0.15) is 5.10 Å². The third-order valence-corrected chi connectivity index (χ3v) is 5.42. The van der Waals surface area contributed by atoms with Crippen molar-refractivity contribution in [3.63, 3.8) is 0 Å². The molecule has 2 aromatic carbocycles. The van der Waals surface area contributed by atoms with E-state index in [1.807, 2.05) is 19.2 Å². The molecule has 0 spiro atoms. The third-order valence-electron chi connectivity index (χ3n) is 5.42. The Kier molecular flexibility index (Phi) is 6.09. The van der Waals surface area contributed by atoms with Gasteiger partial charge in [0.25, 0.3) is 0 Å². The molecule has 0 aliphatic carbocycles. The van der Waals surface area contributed by atoms with Crippen molar-refractivity contribution in [2.45, 2.75) is 26.5 Å². The molecule has 156 valence electrons. The van der Waals surface area contributed by atoms with Gasteiger partial charge in [0.2, 0.25) is 0 Å². The molecule has 1 aromatic heterocycles. The molecule has 0 amide bonds. The van der Waals surface area contributed by atoms with Gasteiger partial charge < -0.3 is 15.0 Å². The molecule has 0 radical (unpaired) electrons. The summed E-state index contributed by atoms with van der Waals surface area (Å²) in [5.74, 6) is 0.897. The molecule has 0 saturated carbocycles. The summed E-state index contributed by atoms with van der Waals surface area (Å²) in [4.78, 5) is 10.8. The van der Waals surface area contributed by atoms with Crippen LogP contribution in [0.1, 0.15) is 28.4 Å². The molecule has 4 rings (SSSR count). The predicted molar refractivity (Wildman–Crippen MR) is 118 cm³/mol. The fourth-order valence-electron chi connectivity index (χ4n) is 3.84. The number of aliphatic imine (C=N–C) groups is 1. The fourth-order valence-corrected chi connectivity index (χ4v) is 3.84. The fraction of sp³-hybridized carbons (Fsp3) is 0.348. The summed E-state index contributed by atoms with van der Waals surface area (Å²) in [5.41, 5.74) is 5.97. The number of morpholine rings is 1. The predicted octanol–water partition coefficient (Wildman–Crippen LogP) is 3.03. The van der Waals surface area contributed by atoms with E-state index in [0.717, 1.165) is 24.7 Å². The standard InChI is InChI=1S/C23H28N6O/c1-17-4-9-21(18(2)12-17)22-14-28(10-11-30-22)23(24-3)26-13-19-5-7-20(8-6-19)29-16-25-15-27-29/h4-9,12,15-16,22H,10-11,13-14H2,1-3H3,(H,24,26). The van der Waals surface area contributed by atoms with Crippen LogP contribution in [0.25, 0.3) is 5.69 Å². The Morgan fingerprint density at radius 3 is 2.73 bits per heavy atom. The van der Waals surface area contributed by atoms with Gasteiger partial charge in [-0.15, -0.1) is 0 Å². The quantitative estimate of drug-likeness (QED) is 0.535. The second-order valence-electron chi connectivity index (χ2n) is 7.57. The molecular weight excluding hydrogens is 376 g/mol. The molecule has 1 atom stereocenters. The summed E-state index contributed by atoms with van der Waals surface area (Å²) in [7, 11) is 1.83. The maximum atomic E-state index is 6.08. The van der Waals surface area contributed by atoms with Gasteiger partial charge in [0.15, 0.2) is 5.96 Å². The van der Waals surface area contributed by atoms with Crippen LogP contribution < -0.4 is 5.32 Å². The Morgan fingerprint density at radius 2 is 2.03 bits per heavy atom. The van der Waals surface area contributed by atoms with Crippen LogP contribution in [-0.2, 0) is 11.3 Å². The van der Waals surface area contributed by atoms with Crippen LogP contribution in [0, 0.1) is 13.8 Å². The summed E-state index contributed by atoms with van der Waals surface area (Å²) in [5, 5.41) is 7.65. The van der Waals surface area contributed by atoms with Gasteiger partial charge in [-0.1, -0.05) is 35.9 Å². The van der Waals surface area contributed by atoms with Crippen molar-refractivity contribution < 1.29 is 4.74 Å². The lowest BCUT2D eigenvalue weighted by atomic mass is 10.00. The van der Waals surface area contributed by atoms with Crippen molar-refractivity contribution in [1.82, 2.24) is 25.0 Å². The number of guanidine groups is 1. The van der Waals surface area contributed by atoms with E-state index in [-0.39, 0.29) is 6.10 Å². The zero-order valence-corrected chi connectivity index (χ0v) is 17.7. The monoisotopic (exact) mass is 404 g/mol. The Bertz CT molecular complexity index is 997. The number of benzene rings is 2. The van der Waals surface area contributed by atoms with Crippen molar-refractivity contribution >= 4 is 5.96 Å². The molecule has 1 aliphatic rings. The van der Waals surface area contributed by atoms with Crippen molar-refractivity contribution in [1.29, 1.82) is 0 Å². The normalized spacial score (nSPS) is 17.2. The average molecular weight is 405 g/mol. The molecule has 0 bridgehead atoms. The molecule has 1 unspecified atom stereocenters. The second kappa shape index (κ2) is 9.09. The Balaban J connectivity index is 1.39. The van der Waals surface area contributed by atoms with Gasteiger partial charge >= 0.3 is 0 Å². The van der Waals surface area contributed by atoms with E-state index in [2.05, 4.69) is 69.5 Å². The van der Waals surface area contributed by atoms with E-state index in [1.54, 1.807) is 11.0 Å². The number of ether oxygens (including phenoxy) is 1. The third kappa shape index (κ3) is 4.52. The molecule has 7 heteroatoms. The van der Waals surface area contributed by atoms with Gasteiger partial charge in [-0.25, -0.2) is 9.67 Å². The van der Waals surface area contributed by atoms with E-state index in [1.165, 1.54) is 28.6 Å². The minimum absolute atomic E-state index is 0.0554. The number of nitrogens with one attached hydrogen (secondary N) is 1. The van der Waals surface area contributed by atoms with Crippen molar-refractivity contribution in [3.8, 4) is 5.69 Å². The smallest absolute Gasteiger partial charge is 0.194 e. The van der Waals surface area contributed by atoms with Gasteiger partial charge in [0.1, 0.15) is 18.8 Å². The molecule has 1 saturated heterocycles. The molecule has 1 aliphatic heterocycles. The lowest BCUT2D eigenvalue weighted by Crippen LogP contribution is -2.48. The lowest BCUT2D eigenvalue weighted by molar-refractivity contribution is -0.00834. The van der Waals surface area contributed by atoms with Gasteiger partial charge in [-0.05, 0) is 42.7 Å². The zero-order chi connectivity index (χ0) is 20.9. The van der Waals surface area contributed by atoms with E-state index in [9.17, 15) is 0 Å². The van der Waals surface area contributed by atoms with E-state index in [4.69, 9.17) is 4.74 Å². The van der Waals surface area contributed by atoms with E-state index < -0.39 is 0 Å². The van der Waals surface area contributed by atoms with Crippen LogP contribution in [-0.4, -0.2) is 52.4 Å². The van der Waals surface area contributed by atoms with Gasteiger partial charge in [0, 0.05) is 20.1 Å². The first kappa shape index (κ1) is 20.1. The van der Waals surface area contributed by atoms with E-state index in [0.29, 0.717) is 13.2 Å². The Morgan fingerprint density at radius 1 is 1.20 bits per heavy atom. The first-order valence-electron chi connectivity index (χ1n) is 10.2. The highest BCUT2D eigenvalue weighted by molar-refractivity contribution is 5.80. The zero-order valence-electron chi connectivity index (χ0n) is 17.7. The minimum atomic E-state index is 0.0554. The lowest BCUT2D eigenvalue weighted by Gasteiger charge is -2.36. The van der Waals surface area contributed by atoms with E-state index >= 15 is 0 Å². The van der Waals surface area contributed by atoms with Crippen molar-refractivity contribution in [2.75, 3.05) is 26.7 Å². The number of hydrogen-bond acceptors (Lipinski definition) is 4. The second-order valence-corrected chi connectivity index (χ2v) is 7.57. The molecule has 1 N–H and O–H groups in total. The number of nitrogens with zero attached hydrogens (tertiary/aromatic N) is 5. The van der Waals surface area contributed by atoms with Crippen LogP contribution in [0.2, 0.25) is 0 Å². The van der Waals surface area contributed by atoms with Crippen LogP contribution in [0.4, 0.5) is 0 Å². The maximum Gasteiger partial charge on any atom is 0.194 e. The topological polar surface area (TPSA) is 67.6 Å². The first-order chi connectivity index (χ1) is 14.6. The number of rotatable bonds is 4. The summed E-state index contributed by atoms with van der Waals surface area (Å²) in [6.07, 6.45) is 3.28. The number of aromatic nitrogens is 3. The number of aryl methyl sites for hydroxylation is 2. The molecule has 7 nitrogen and oxygen atoms in total. The molecule has 3 aromatic rings. The maximum absolute atomic E-state index is 6.08. The van der Waals surface area contributed by atoms with Crippen LogP contribution in [0.3, 0.4) is 0 Å². The Hall–Kier alpha value is -3.19. The molecule has 30 heavy (non-hydrogen) atoms. The van der Waals surface area contributed by atoms with Crippen LogP contribution >= 0.6 is 0 Å². The molecule has 1 fully saturated rings. The van der Waals surface area contributed by atoms with Crippen molar-refractivity contribution in [3.05, 3.63) is 77.4 Å². The highest BCUT2D eigenvalue weighted by atomic mass is 16.5. The average Bonchev–Trinajstić information content (AvgIpc) is 3.30. The van der Waals surface area contributed by atoms with Gasteiger partial charge in [-0.3, -0.25) is 4.99 Å². The van der Waals surface area contributed by atoms with Crippen LogP contribution in [0.5, 0.6) is 0 Å². The highest BCUT2D eigenvalue weighted by Gasteiger charge is 2.25. The highest BCUT2D eigenvalue weighted by Crippen LogP contribution is 2.26. The summed E-state index contributed by atoms with van der Waals surface area (Å²) in [6, 6.07) is 14.8. The largest absolute Gasteiger partial charge is 0.370 e. The van der Waals surface area contributed by atoms with Crippen molar-refractivity contribution in [2.24, 2.45) is 4.99 Å². The van der Waals surface area contributed by atoms with Gasteiger partial charge in [0.05, 0.1) is 18.8 Å². The van der Waals surface area contributed by atoms with Crippen LogP contribution in [0.15, 0.2) is 60.1 Å². The summed E-state index contributed by atoms with van der Waals surface area (Å²) >= 11 is 0. The minimum Gasteiger partial charge on any atom is -0.370 e. The SMILES string of the molecule is CN=C(NCc1ccc(-n2cncn2)cc1)N1CCOC(c2ccc(C)cc2C)C1. The summed E-state index contributed by atoms with van der Waals surface area (Å²) < 4.78 is 7.83. The molecular formula is C23H28N6O. The molecule has 2 heterocycles. The summed E-state index contributed by atoms with van der Waals surface area (Å²) in [6.45, 7) is 7.28.